The lowest BCUT2D eigenvalue weighted by Gasteiger charge is -2.16. The molecule has 0 radical (unpaired) electrons. The van der Waals surface area contributed by atoms with Crippen molar-refractivity contribution in [2.24, 2.45) is 0 Å². The highest BCUT2D eigenvalue weighted by Gasteiger charge is 2.08. The summed E-state index contributed by atoms with van der Waals surface area (Å²) in [6, 6.07) is -0.0223. The van der Waals surface area contributed by atoms with Gasteiger partial charge in [-0.25, -0.2) is 9.78 Å². The molecule has 1 rings (SSSR count). The first-order valence-electron chi connectivity index (χ1n) is 4.49. The van der Waals surface area contributed by atoms with E-state index in [2.05, 4.69) is 11.9 Å². The second-order valence-corrected chi connectivity index (χ2v) is 3.03. The number of rotatable bonds is 3. The molecule has 1 amide bonds. The second-order valence-electron chi connectivity index (χ2n) is 3.03. The van der Waals surface area contributed by atoms with Crippen LogP contribution in [0.2, 0.25) is 0 Å². The fourth-order valence-electron chi connectivity index (χ4n) is 1.06. The number of hydrogen-bond donors (Lipinski definition) is 0. The van der Waals surface area contributed by atoms with Crippen LogP contribution in [0.5, 0.6) is 0 Å². The van der Waals surface area contributed by atoms with Gasteiger partial charge in [0, 0.05) is 26.0 Å². The van der Waals surface area contributed by atoms with Gasteiger partial charge in [0.15, 0.2) is 0 Å². The van der Waals surface area contributed by atoms with Crippen LogP contribution in [0.1, 0.15) is 19.8 Å². The summed E-state index contributed by atoms with van der Waals surface area (Å²) in [5.74, 6) is 0. The van der Waals surface area contributed by atoms with Crippen molar-refractivity contribution in [3.63, 3.8) is 0 Å². The Labute approximate surface area is 78.2 Å². The molecule has 13 heavy (non-hydrogen) atoms. The molecular formula is C9H15N3O. The van der Waals surface area contributed by atoms with Crippen molar-refractivity contribution in [2.45, 2.75) is 19.8 Å². The zero-order valence-electron chi connectivity index (χ0n) is 8.10. The summed E-state index contributed by atoms with van der Waals surface area (Å²) < 4.78 is 1.48. The minimum absolute atomic E-state index is 0.0223. The first-order chi connectivity index (χ1) is 6.25. The Bertz CT molecular complexity index is 256. The Morgan fingerprint density at radius 1 is 1.62 bits per heavy atom. The third kappa shape index (κ3) is 2.57. The first-order valence-corrected chi connectivity index (χ1v) is 4.49. The van der Waals surface area contributed by atoms with Gasteiger partial charge in [0.1, 0.15) is 6.33 Å². The van der Waals surface area contributed by atoms with Crippen LogP contribution in [-0.2, 0) is 0 Å². The lowest BCUT2D eigenvalue weighted by atomic mass is 10.3. The van der Waals surface area contributed by atoms with E-state index in [0.29, 0.717) is 0 Å². The van der Waals surface area contributed by atoms with Gasteiger partial charge < -0.3 is 4.90 Å². The Balaban J connectivity index is 2.48. The summed E-state index contributed by atoms with van der Waals surface area (Å²) in [4.78, 5) is 17.1. The summed E-state index contributed by atoms with van der Waals surface area (Å²) in [5.41, 5.74) is 0. The van der Waals surface area contributed by atoms with Gasteiger partial charge in [-0.15, -0.1) is 0 Å². The maximum atomic E-state index is 11.6. The predicted molar refractivity (Wildman–Crippen MR) is 50.6 cm³/mol. The maximum absolute atomic E-state index is 11.6. The van der Waals surface area contributed by atoms with Gasteiger partial charge in [-0.1, -0.05) is 13.3 Å². The highest BCUT2D eigenvalue weighted by Crippen LogP contribution is 1.96. The molecule has 0 aliphatic carbocycles. The highest BCUT2D eigenvalue weighted by molar-refractivity contribution is 5.76. The van der Waals surface area contributed by atoms with Gasteiger partial charge in [0.05, 0.1) is 0 Å². The normalized spacial score (nSPS) is 10.0. The van der Waals surface area contributed by atoms with Crippen molar-refractivity contribution >= 4 is 6.03 Å². The van der Waals surface area contributed by atoms with E-state index in [9.17, 15) is 4.79 Å². The topological polar surface area (TPSA) is 38.1 Å². The third-order valence-corrected chi connectivity index (χ3v) is 1.90. The van der Waals surface area contributed by atoms with Crippen molar-refractivity contribution in [3.8, 4) is 0 Å². The average molecular weight is 181 g/mol. The van der Waals surface area contributed by atoms with Gasteiger partial charge >= 0.3 is 6.03 Å². The number of nitrogens with zero attached hydrogens (tertiary/aromatic N) is 3. The highest BCUT2D eigenvalue weighted by atomic mass is 16.2. The summed E-state index contributed by atoms with van der Waals surface area (Å²) in [6.45, 7) is 2.91. The van der Waals surface area contributed by atoms with E-state index in [0.717, 1.165) is 19.4 Å². The maximum Gasteiger partial charge on any atom is 0.329 e. The number of carbonyl (C=O) groups excluding carboxylic acids is 1. The molecule has 1 heterocycles. The Morgan fingerprint density at radius 3 is 2.92 bits per heavy atom. The van der Waals surface area contributed by atoms with Crippen molar-refractivity contribution in [3.05, 3.63) is 18.7 Å². The van der Waals surface area contributed by atoms with Gasteiger partial charge in [-0.05, 0) is 6.42 Å². The molecule has 4 nitrogen and oxygen atoms in total. The molecule has 0 spiro atoms. The lowest BCUT2D eigenvalue weighted by molar-refractivity contribution is 0.210. The standard InChI is InChI=1S/C9H15N3O/c1-3-4-6-11(2)9(13)12-7-5-10-8-12/h5,7-8H,3-4,6H2,1-2H3. The monoisotopic (exact) mass is 181 g/mol. The molecular weight excluding hydrogens is 166 g/mol. The smallest absolute Gasteiger partial charge is 0.327 e. The van der Waals surface area contributed by atoms with Crippen LogP contribution in [0.25, 0.3) is 0 Å². The minimum atomic E-state index is -0.0223. The van der Waals surface area contributed by atoms with Crippen LogP contribution in [0.15, 0.2) is 18.7 Å². The quantitative estimate of drug-likeness (QED) is 0.710. The number of imidazole rings is 1. The Morgan fingerprint density at radius 2 is 2.38 bits per heavy atom. The van der Waals surface area contributed by atoms with Crippen LogP contribution in [0.3, 0.4) is 0 Å². The van der Waals surface area contributed by atoms with Gasteiger partial charge in [0.25, 0.3) is 0 Å². The fourth-order valence-corrected chi connectivity index (χ4v) is 1.06. The summed E-state index contributed by atoms with van der Waals surface area (Å²) in [5, 5.41) is 0. The first kappa shape index (κ1) is 9.77. The van der Waals surface area contributed by atoms with Crippen LogP contribution in [0.4, 0.5) is 4.79 Å². The van der Waals surface area contributed by atoms with Crippen molar-refractivity contribution in [2.75, 3.05) is 13.6 Å². The molecule has 0 bridgehead atoms. The number of carbonyl (C=O) groups is 1. The molecule has 0 saturated heterocycles. The van der Waals surface area contributed by atoms with Gasteiger partial charge in [-0.3, -0.25) is 4.57 Å². The molecule has 0 fully saturated rings. The van der Waals surface area contributed by atoms with E-state index in [1.165, 1.54) is 10.9 Å². The van der Waals surface area contributed by atoms with Gasteiger partial charge in [0.2, 0.25) is 0 Å². The van der Waals surface area contributed by atoms with Crippen LogP contribution in [-0.4, -0.2) is 34.1 Å². The van der Waals surface area contributed by atoms with Crippen LogP contribution >= 0.6 is 0 Å². The second kappa shape index (κ2) is 4.64. The molecule has 0 atom stereocenters. The molecule has 0 aliphatic heterocycles. The van der Waals surface area contributed by atoms with E-state index in [-0.39, 0.29) is 6.03 Å². The molecule has 0 aromatic carbocycles. The molecule has 1 aromatic rings. The summed E-state index contributed by atoms with van der Waals surface area (Å²) in [6.07, 6.45) is 6.92. The Kier molecular flexibility index (Phi) is 3.49. The van der Waals surface area contributed by atoms with Crippen molar-refractivity contribution in [1.29, 1.82) is 0 Å². The summed E-state index contributed by atoms with van der Waals surface area (Å²) in [7, 11) is 1.80. The van der Waals surface area contributed by atoms with E-state index in [1.807, 2.05) is 0 Å². The largest absolute Gasteiger partial charge is 0.329 e. The van der Waals surface area contributed by atoms with Crippen molar-refractivity contribution in [1.82, 2.24) is 14.5 Å². The van der Waals surface area contributed by atoms with Gasteiger partial charge in [-0.2, -0.15) is 0 Å². The SMILES string of the molecule is CCCCN(C)C(=O)n1ccnc1. The molecule has 0 aliphatic rings. The average Bonchev–Trinajstić information content (AvgIpc) is 2.65. The molecule has 4 heteroatoms. The van der Waals surface area contributed by atoms with E-state index < -0.39 is 0 Å². The molecule has 0 N–H and O–H groups in total. The van der Waals surface area contributed by atoms with Crippen LogP contribution < -0.4 is 0 Å². The van der Waals surface area contributed by atoms with E-state index in [4.69, 9.17) is 0 Å². The third-order valence-electron chi connectivity index (χ3n) is 1.90. The molecule has 1 aromatic heterocycles. The van der Waals surface area contributed by atoms with E-state index in [1.54, 1.807) is 24.3 Å². The zero-order valence-corrected chi connectivity index (χ0v) is 8.10. The lowest BCUT2D eigenvalue weighted by Crippen LogP contribution is -2.31. The predicted octanol–water partition coefficient (Wildman–Crippen LogP) is 1.58. The fraction of sp³-hybridized carbons (Fsp3) is 0.556. The molecule has 0 unspecified atom stereocenters. The molecule has 0 saturated carbocycles. The summed E-state index contributed by atoms with van der Waals surface area (Å²) >= 11 is 0. The minimum Gasteiger partial charge on any atom is -0.327 e. The van der Waals surface area contributed by atoms with Crippen LogP contribution in [0, 0.1) is 0 Å². The van der Waals surface area contributed by atoms with Crippen molar-refractivity contribution < 1.29 is 4.79 Å². The number of unbranched alkanes of at least 4 members (excludes halogenated alkanes) is 1. The number of amides is 1. The molecule has 72 valence electrons. The number of aromatic nitrogens is 2. The Hall–Kier alpha value is -1.32. The zero-order chi connectivity index (χ0) is 9.68. The van der Waals surface area contributed by atoms with E-state index >= 15 is 0 Å². The number of hydrogen-bond acceptors (Lipinski definition) is 2.